The zero-order valence-electron chi connectivity index (χ0n) is 15.1. The molecule has 0 spiro atoms. The van der Waals surface area contributed by atoms with E-state index in [2.05, 4.69) is 29.6 Å². The van der Waals surface area contributed by atoms with Gasteiger partial charge < -0.3 is 4.57 Å². The van der Waals surface area contributed by atoms with Gasteiger partial charge in [-0.15, -0.1) is 0 Å². The summed E-state index contributed by atoms with van der Waals surface area (Å²) in [6, 6.07) is 0. The molecule has 0 amide bonds. The van der Waals surface area contributed by atoms with E-state index >= 15 is 0 Å². The lowest BCUT2D eigenvalue weighted by molar-refractivity contribution is 0.383. The van der Waals surface area contributed by atoms with Crippen LogP contribution in [0.15, 0.2) is 18.7 Å². The van der Waals surface area contributed by atoms with Gasteiger partial charge in [0.2, 0.25) is 0 Å². The van der Waals surface area contributed by atoms with Crippen molar-refractivity contribution in [1.82, 2.24) is 9.55 Å². The minimum atomic E-state index is 0.827. The molecule has 1 aromatic heterocycles. The second-order valence-corrected chi connectivity index (χ2v) is 6.86. The highest BCUT2D eigenvalue weighted by Crippen LogP contribution is 2.17. The standard InChI is InChI=1S/C20H38N2/c1-3-5-6-7-8-9-10-11-12-13-14-15-20(4-2)18-22-17-16-21-19-22/h16-17,19-20H,3-15,18H2,1-2H3. The molecule has 0 bridgehead atoms. The summed E-state index contributed by atoms with van der Waals surface area (Å²) in [4.78, 5) is 4.13. The molecule has 1 atom stereocenters. The molecule has 0 saturated carbocycles. The first kappa shape index (κ1) is 19.3. The summed E-state index contributed by atoms with van der Waals surface area (Å²) in [5.41, 5.74) is 0. The number of hydrogen-bond acceptors (Lipinski definition) is 1. The van der Waals surface area contributed by atoms with E-state index in [-0.39, 0.29) is 0 Å². The molecular weight excluding hydrogens is 268 g/mol. The number of hydrogen-bond donors (Lipinski definition) is 0. The molecule has 128 valence electrons. The molecule has 0 aliphatic rings. The van der Waals surface area contributed by atoms with E-state index in [0.29, 0.717) is 0 Å². The predicted molar refractivity (Wildman–Crippen MR) is 97.1 cm³/mol. The van der Waals surface area contributed by atoms with Crippen LogP contribution in [0.2, 0.25) is 0 Å². The molecule has 0 fully saturated rings. The molecule has 1 rings (SSSR count). The Hall–Kier alpha value is -0.790. The Morgan fingerprint density at radius 3 is 1.91 bits per heavy atom. The van der Waals surface area contributed by atoms with Crippen molar-refractivity contribution >= 4 is 0 Å². The van der Waals surface area contributed by atoms with Crippen molar-refractivity contribution in [2.45, 2.75) is 104 Å². The lowest BCUT2D eigenvalue weighted by Crippen LogP contribution is -2.08. The van der Waals surface area contributed by atoms with Crippen molar-refractivity contribution in [3.8, 4) is 0 Å². The SMILES string of the molecule is CCCCCCCCCCCCCC(CC)Cn1ccnc1. The normalized spacial score (nSPS) is 12.6. The molecule has 1 heterocycles. The van der Waals surface area contributed by atoms with Crippen LogP contribution >= 0.6 is 0 Å². The van der Waals surface area contributed by atoms with Gasteiger partial charge in [0.25, 0.3) is 0 Å². The van der Waals surface area contributed by atoms with Crippen LogP contribution in [0, 0.1) is 5.92 Å². The third-order valence-corrected chi connectivity index (χ3v) is 4.82. The minimum absolute atomic E-state index is 0.827. The molecule has 0 aromatic carbocycles. The largest absolute Gasteiger partial charge is 0.337 e. The Labute approximate surface area is 138 Å². The smallest absolute Gasteiger partial charge is 0.0945 e. The number of nitrogens with zero attached hydrogens (tertiary/aromatic N) is 2. The van der Waals surface area contributed by atoms with Gasteiger partial charge in [0, 0.05) is 18.9 Å². The van der Waals surface area contributed by atoms with E-state index in [1.165, 1.54) is 83.5 Å². The maximum absolute atomic E-state index is 4.13. The van der Waals surface area contributed by atoms with Crippen LogP contribution in [-0.4, -0.2) is 9.55 Å². The number of aromatic nitrogens is 2. The van der Waals surface area contributed by atoms with Gasteiger partial charge in [0.15, 0.2) is 0 Å². The van der Waals surface area contributed by atoms with Gasteiger partial charge in [-0.25, -0.2) is 4.98 Å². The van der Waals surface area contributed by atoms with Crippen molar-refractivity contribution in [3.63, 3.8) is 0 Å². The first-order chi connectivity index (χ1) is 10.9. The average molecular weight is 307 g/mol. The Balaban J connectivity index is 1.87. The highest BCUT2D eigenvalue weighted by atomic mass is 15.0. The van der Waals surface area contributed by atoms with Crippen LogP contribution < -0.4 is 0 Å². The number of unbranched alkanes of at least 4 members (excludes halogenated alkanes) is 10. The van der Waals surface area contributed by atoms with Gasteiger partial charge in [-0.3, -0.25) is 0 Å². The molecule has 1 unspecified atom stereocenters. The van der Waals surface area contributed by atoms with Crippen LogP contribution in [0.4, 0.5) is 0 Å². The Morgan fingerprint density at radius 1 is 0.818 bits per heavy atom. The van der Waals surface area contributed by atoms with E-state index in [1.807, 2.05) is 12.5 Å². The molecular formula is C20H38N2. The minimum Gasteiger partial charge on any atom is -0.337 e. The molecule has 0 aliphatic heterocycles. The van der Waals surface area contributed by atoms with Gasteiger partial charge in [-0.05, 0) is 12.3 Å². The summed E-state index contributed by atoms with van der Waals surface area (Å²) in [5.74, 6) is 0.827. The lowest BCUT2D eigenvalue weighted by atomic mass is 9.97. The molecule has 0 saturated heterocycles. The topological polar surface area (TPSA) is 17.8 Å². The second kappa shape index (κ2) is 13.8. The summed E-state index contributed by atoms with van der Waals surface area (Å²) in [5, 5.41) is 0. The van der Waals surface area contributed by atoms with Crippen LogP contribution in [-0.2, 0) is 6.54 Å². The average Bonchev–Trinajstić information content (AvgIpc) is 3.04. The van der Waals surface area contributed by atoms with Crippen molar-refractivity contribution in [1.29, 1.82) is 0 Å². The summed E-state index contributed by atoms with van der Waals surface area (Å²) >= 11 is 0. The Bertz CT molecular complexity index is 318. The van der Waals surface area contributed by atoms with Crippen molar-refractivity contribution in [3.05, 3.63) is 18.7 Å². The van der Waals surface area contributed by atoms with Gasteiger partial charge in [-0.2, -0.15) is 0 Å². The van der Waals surface area contributed by atoms with Gasteiger partial charge in [0.05, 0.1) is 6.33 Å². The number of rotatable bonds is 15. The third-order valence-electron chi connectivity index (χ3n) is 4.82. The Morgan fingerprint density at radius 2 is 1.41 bits per heavy atom. The maximum atomic E-state index is 4.13. The Kier molecular flexibility index (Phi) is 12.1. The molecule has 1 aromatic rings. The van der Waals surface area contributed by atoms with Gasteiger partial charge in [0.1, 0.15) is 0 Å². The highest BCUT2D eigenvalue weighted by Gasteiger charge is 2.06. The monoisotopic (exact) mass is 306 g/mol. The molecule has 22 heavy (non-hydrogen) atoms. The summed E-state index contributed by atoms with van der Waals surface area (Å²) in [6.07, 6.45) is 24.4. The van der Waals surface area contributed by atoms with Crippen LogP contribution in [0.25, 0.3) is 0 Å². The first-order valence-corrected chi connectivity index (χ1v) is 9.82. The fourth-order valence-electron chi connectivity index (χ4n) is 3.21. The summed E-state index contributed by atoms with van der Waals surface area (Å²) < 4.78 is 2.23. The summed E-state index contributed by atoms with van der Waals surface area (Å²) in [6.45, 7) is 5.76. The molecule has 2 heteroatoms. The summed E-state index contributed by atoms with van der Waals surface area (Å²) in [7, 11) is 0. The van der Waals surface area contributed by atoms with E-state index in [0.717, 1.165) is 12.5 Å². The lowest BCUT2D eigenvalue weighted by Gasteiger charge is -2.15. The fourth-order valence-corrected chi connectivity index (χ4v) is 3.21. The first-order valence-electron chi connectivity index (χ1n) is 9.82. The van der Waals surface area contributed by atoms with Crippen molar-refractivity contribution < 1.29 is 0 Å². The van der Waals surface area contributed by atoms with Crippen LogP contribution in [0.5, 0.6) is 0 Å². The molecule has 0 radical (unpaired) electrons. The molecule has 2 nitrogen and oxygen atoms in total. The number of imidazole rings is 1. The van der Waals surface area contributed by atoms with Gasteiger partial charge >= 0.3 is 0 Å². The van der Waals surface area contributed by atoms with Crippen molar-refractivity contribution in [2.75, 3.05) is 0 Å². The second-order valence-electron chi connectivity index (χ2n) is 6.86. The van der Waals surface area contributed by atoms with E-state index in [9.17, 15) is 0 Å². The quantitative estimate of drug-likeness (QED) is 0.333. The predicted octanol–water partition coefficient (Wildman–Crippen LogP) is 6.61. The van der Waals surface area contributed by atoms with Crippen molar-refractivity contribution in [2.24, 2.45) is 5.92 Å². The highest BCUT2D eigenvalue weighted by molar-refractivity contribution is 4.75. The zero-order chi connectivity index (χ0) is 15.9. The van der Waals surface area contributed by atoms with Crippen LogP contribution in [0.1, 0.15) is 97.3 Å². The van der Waals surface area contributed by atoms with Crippen LogP contribution in [0.3, 0.4) is 0 Å². The maximum Gasteiger partial charge on any atom is 0.0945 e. The van der Waals surface area contributed by atoms with E-state index in [1.54, 1.807) is 0 Å². The van der Waals surface area contributed by atoms with E-state index in [4.69, 9.17) is 0 Å². The zero-order valence-corrected chi connectivity index (χ0v) is 15.1. The van der Waals surface area contributed by atoms with E-state index < -0.39 is 0 Å². The molecule has 0 aliphatic carbocycles. The third kappa shape index (κ3) is 10.0. The molecule has 0 N–H and O–H groups in total. The fraction of sp³-hybridized carbons (Fsp3) is 0.850. The van der Waals surface area contributed by atoms with Gasteiger partial charge in [-0.1, -0.05) is 90.9 Å².